The first-order valence-corrected chi connectivity index (χ1v) is 7.03. The first-order valence-electron chi connectivity index (χ1n) is 6.65. The maximum atomic E-state index is 12.0. The molecule has 116 valence electrons. The Morgan fingerprint density at radius 2 is 2.29 bits per heavy atom. The van der Waals surface area contributed by atoms with Gasteiger partial charge in [0, 0.05) is 25.2 Å². The molecule has 21 heavy (non-hydrogen) atoms. The molecule has 1 rings (SSSR count). The Kier molecular flexibility index (Phi) is 6.51. The Morgan fingerprint density at radius 3 is 2.86 bits per heavy atom. The molecule has 0 aliphatic rings. The summed E-state index contributed by atoms with van der Waals surface area (Å²) < 4.78 is 0. The summed E-state index contributed by atoms with van der Waals surface area (Å²) in [5.41, 5.74) is -0.252. The zero-order valence-electron chi connectivity index (χ0n) is 12.3. The Balaban J connectivity index is 2.64. The molecule has 7 nitrogen and oxygen atoms in total. The molecular formula is C13H19ClN4O3. The molecule has 0 saturated carbocycles. The van der Waals surface area contributed by atoms with Crippen LogP contribution in [0.1, 0.15) is 30.6 Å². The second-order valence-electron chi connectivity index (χ2n) is 4.78. The van der Waals surface area contributed by atoms with Crippen LogP contribution in [-0.2, 0) is 0 Å². The molecule has 8 heteroatoms. The van der Waals surface area contributed by atoms with Gasteiger partial charge in [-0.3, -0.25) is 14.9 Å². The fourth-order valence-corrected chi connectivity index (χ4v) is 1.86. The molecule has 0 aliphatic carbocycles. The number of carbonyl (C=O) groups is 1. The minimum Gasteiger partial charge on any atom is -0.351 e. The van der Waals surface area contributed by atoms with Crippen LogP contribution >= 0.6 is 11.6 Å². The van der Waals surface area contributed by atoms with E-state index in [1.807, 2.05) is 7.05 Å². The first kappa shape index (κ1) is 17.3. The molecule has 1 heterocycles. The number of aromatic nitrogens is 1. The largest absolute Gasteiger partial charge is 0.351 e. The summed E-state index contributed by atoms with van der Waals surface area (Å²) in [6.45, 7) is 5.30. The van der Waals surface area contributed by atoms with Gasteiger partial charge in [-0.1, -0.05) is 18.5 Å². The van der Waals surface area contributed by atoms with E-state index in [-0.39, 0.29) is 16.4 Å². The number of amides is 1. The second-order valence-corrected chi connectivity index (χ2v) is 5.14. The smallest absolute Gasteiger partial charge is 0.288 e. The van der Waals surface area contributed by atoms with Gasteiger partial charge in [0.2, 0.25) is 0 Å². The molecule has 0 aliphatic heterocycles. The SMILES string of the molecule is CCC(C)N(C)CCNC(=O)c1cc([N+](=O)[O-])cnc1Cl. The third-order valence-electron chi connectivity index (χ3n) is 3.37. The van der Waals surface area contributed by atoms with Crippen LogP contribution < -0.4 is 5.32 Å². The zero-order valence-corrected chi connectivity index (χ0v) is 13.1. The van der Waals surface area contributed by atoms with Gasteiger partial charge in [0.05, 0.1) is 10.5 Å². The monoisotopic (exact) mass is 314 g/mol. The molecule has 0 aromatic carbocycles. The van der Waals surface area contributed by atoms with Crippen molar-refractivity contribution in [3.05, 3.63) is 33.1 Å². The number of hydrogen-bond donors (Lipinski definition) is 1. The molecule has 0 radical (unpaired) electrons. The van der Waals surface area contributed by atoms with Gasteiger partial charge in [-0.15, -0.1) is 0 Å². The van der Waals surface area contributed by atoms with E-state index in [1.165, 1.54) is 0 Å². The molecule has 0 spiro atoms. The second kappa shape index (κ2) is 7.90. The number of likely N-dealkylation sites (N-methyl/N-ethyl adjacent to an activating group) is 1. The third-order valence-corrected chi connectivity index (χ3v) is 3.67. The first-order chi connectivity index (χ1) is 9.86. The van der Waals surface area contributed by atoms with Crippen molar-refractivity contribution in [2.24, 2.45) is 0 Å². The van der Waals surface area contributed by atoms with Gasteiger partial charge >= 0.3 is 0 Å². The Morgan fingerprint density at radius 1 is 1.62 bits per heavy atom. The summed E-state index contributed by atoms with van der Waals surface area (Å²) in [7, 11) is 1.97. The van der Waals surface area contributed by atoms with Crippen LogP contribution in [0, 0.1) is 10.1 Å². The van der Waals surface area contributed by atoms with Gasteiger partial charge in [-0.2, -0.15) is 0 Å². The van der Waals surface area contributed by atoms with Crippen molar-refractivity contribution < 1.29 is 9.72 Å². The van der Waals surface area contributed by atoms with Gasteiger partial charge in [0.1, 0.15) is 11.3 Å². The highest BCUT2D eigenvalue weighted by atomic mass is 35.5. The molecule has 1 aromatic heterocycles. The average Bonchev–Trinajstić information content (AvgIpc) is 2.46. The highest BCUT2D eigenvalue weighted by Crippen LogP contribution is 2.18. The molecule has 1 aromatic rings. The number of carbonyl (C=O) groups excluding carboxylic acids is 1. The number of hydrogen-bond acceptors (Lipinski definition) is 5. The highest BCUT2D eigenvalue weighted by Gasteiger charge is 2.17. The fourth-order valence-electron chi connectivity index (χ4n) is 1.67. The van der Waals surface area contributed by atoms with Gasteiger partial charge in [-0.05, 0) is 20.4 Å². The number of rotatable bonds is 7. The van der Waals surface area contributed by atoms with Crippen molar-refractivity contribution in [1.82, 2.24) is 15.2 Å². The van der Waals surface area contributed by atoms with Crippen LogP contribution in [0.4, 0.5) is 5.69 Å². The quantitative estimate of drug-likeness (QED) is 0.473. The van der Waals surface area contributed by atoms with E-state index in [1.54, 1.807) is 0 Å². The van der Waals surface area contributed by atoms with Crippen molar-refractivity contribution in [3.8, 4) is 0 Å². The van der Waals surface area contributed by atoms with Crippen molar-refractivity contribution in [2.45, 2.75) is 26.3 Å². The molecular weight excluding hydrogens is 296 g/mol. The lowest BCUT2D eigenvalue weighted by Gasteiger charge is -2.23. The lowest BCUT2D eigenvalue weighted by Crippen LogP contribution is -2.37. The molecule has 1 unspecified atom stereocenters. The number of nitro groups is 1. The van der Waals surface area contributed by atoms with Crippen LogP contribution in [0.25, 0.3) is 0 Å². The van der Waals surface area contributed by atoms with E-state index in [0.717, 1.165) is 18.7 Å². The predicted octanol–water partition coefficient (Wildman–Crippen LogP) is 2.10. The van der Waals surface area contributed by atoms with Crippen LogP contribution in [0.3, 0.4) is 0 Å². The summed E-state index contributed by atoms with van der Waals surface area (Å²) in [4.78, 5) is 27.8. The zero-order chi connectivity index (χ0) is 16.0. The Labute approximate surface area is 128 Å². The highest BCUT2D eigenvalue weighted by molar-refractivity contribution is 6.32. The van der Waals surface area contributed by atoms with E-state index < -0.39 is 10.8 Å². The Hall–Kier alpha value is -1.73. The van der Waals surface area contributed by atoms with E-state index in [9.17, 15) is 14.9 Å². The fraction of sp³-hybridized carbons (Fsp3) is 0.538. The maximum Gasteiger partial charge on any atom is 0.288 e. The van der Waals surface area contributed by atoms with E-state index in [2.05, 4.69) is 29.0 Å². The van der Waals surface area contributed by atoms with Crippen LogP contribution in [0.2, 0.25) is 5.15 Å². The van der Waals surface area contributed by atoms with Crippen LogP contribution in [-0.4, -0.2) is 46.9 Å². The summed E-state index contributed by atoms with van der Waals surface area (Å²) in [5.74, 6) is -0.464. The topological polar surface area (TPSA) is 88.4 Å². The number of nitrogens with one attached hydrogen (secondary N) is 1. The average molecular weight is 315 g/mol. The van der Waals surface area contributed by atoms with Crippen molar-refractivity contribution in [2.75, 3.05) is 20.1 Å². The molecule has 0 saturated heterocycles. The summed E-state index contributed by atoms with van der Waals surface area (Å²) in [6, 6.07) is 1.55. The van der Waals surface area contributed by atoms with E-state index in [4.69, 9.17) is 11.6 Å². The normalized spacial score (nSPS) is 12.2. The molecule has 0 fully saturated rings. The molecule has 1 amide bonds. The van der Waals surface area contributed by atoms with Gasteiger partial charge in [0.15, 0.2) is 0 Å². The predicted molar refractivity (Wildman–Crippen MR) is 80.6 cm³/mol. The third kappa shape index (κ3) is 4.95. The number of pyridine rings is 1. The number of nitrogens with zero attached hydrogens (tertiary/aromatic N) is 3. The Bertz CT molecular complexity index is 524. The van der Waals surface area contributed by atoms with E-state index >= 15 is 0 Å². The summed E-state index contributed by atoms with van der Waals surface area (Å²) in [5, 5.41) is 13.3. The number of halogens is 1. The minimum absolute atomic E-state index is 0.0112. The van der Waals surface area contributed by atoms with Crippen LogP contribution in [0.15, 0.2) is 12.3 Å². The van der Waals surface area contributed by atoms with Crippen molar-refractivity contribution >= 4 is 23.2 Å². The minimum atomic E-state index is -0.614. The lowest BCUT2D eigenvalue weighted by atomic mass is 10.2. The lowest BCUT2D eigenvalue weighted by molar-refractivity contribution is -0.385. The molecule has 1 atom stereocenters. The van der Waals surface area contributed by atoms with Crippen molar-refractivity contribution in [3.63, 3.8) is 0 Å². The van der Waals surface area contributed by atoms with Gasteiger partial charge in [0.25, 0.3) is 11.6 Å². The summed E-state index contributed by atoms with van der Waals surface area (Å²) >= 11 is 5.81. The molecule has 0 bridgehead atoms. The molecule has 1 N–H and O–H groups in total. The standard InChI is InChI=1S/C13H19ClN4O3/c1-4-9(2)17(3)6-5-15-13(19)11-7-10(18(20)21)8-16-12(11)14/h7-9H,4-6H2,1-3H3,(H,15,19). The van der Waals surface area contributed by atoms with Crippen LogP contribution in [0.5, 0.6) is 0 Å². The van der Waals surface area contributed by atoms with Gasteiger partial charge in [-0.25, -0.2) is 4.98 Å². The maximum absolute atomic E-state index is 12.0. The van der Waals surface area contributed by atoms with Crippen molar-refractivity contribution in [1.29, 1.82) is 0 Å². The summed E-state index contributed by atoms with van der Waals surface area (Å²) in [6.07, 6.45) is 2.04. The van der Waals surface area contributed by atoms with Gasteiger partial charge < -0.3 is 10.2 Å². The van der Waals surface area contributed by atoms with E-state index in [0.29, 0.717) is 19.1 Å².